The quantitative estimate of drug-likeness (QED) is 0.362. The van der Waals surface area contributed by atoms with Gasteiger partial charge in [0.05, 0.1) is 6.04 Å². The second kappa shape index (κ2) is 9.84. The zero-order chi connectivity index (χ0) is 24.3. The predicted molar refractivity (Wildman–Crippen MR) is 134 cm³/mol. The highest BCUT2D eigenvalue weighted by Crippen LogP contribution is 2.29. The molecule has 0 saturated carbocycles. The van der Waals surface area contributed by atoms with E-state index >= 15 is 0 Å². The average molecular weight is 493 g/mol. The van der Waals surface area contributed by atoms with Gasteiger partial charge in [0, 0.05) is 5.56 Å². The number of benzene rings is 3. The van der Waals surface area contributed by atoms with Crippen molar-refractivity contribution in [3.63, 3.8) is 0 Å². The molecule has 4 aromatic rings. The zero-order valence-corrected chi connectivity index (χ0v) is 20.6. The van der Waals surface area contributed by atoms with E-state index in [9.17, 15) is 13.2 Å². The third-order valence-corrected chi connectivity index (χ3v) is 7.91. The lowest BCUT2D eigenvalue weighted by Crippen LogP contribution is -2.30. The minimum Gasteiger partial charge on any atom is -0.296 e. The molecular formula is C25H24N4O3S2. The van der Waals surface area contributed by atoms with Crippen LogP contribution < -0.4 is 10.0 Å². The Hall–Kier alpha value is -3.40. The molecule has 174 valence electrons. The number of amides is 1. The standard InChI is InChI=1S/C25H24N4O3S2/c1-16-8-7-11-20(15-16)23(30)26-24-27-28-25(33-24)34(31,32)29-22(19-9-5-4-6-10-19)21-13-12-17(2)14-18(21)3/h4-15,22,29H,1-3H3,(H,26,27,30)/t22-/m1/s1. The Morgan fingerprint density at radius 1 is 0.882 bits per heavy atom. The third kappa shape index (κ3) is 5.39. The van der Waals surface area contributed by atoms with Crippen LogP contribution in [0.5, 0.6) is 0 Å². The minimum atomic E-state index is -4.03. The molecule has 9 heteroatoms. The van der Waals surface area contributed by atoms with E-state index in [1.165, 1.54) is 0 Å². The van der Waals surface area contributed by atoms with Crippen molar-refractivity contribution in [1.82, 2.24) is 14.9 Å². The van der Waals surface area contributed by atoms with Crippen LogP contribution in [0.4, 0.5) is 5.13 Å². The first-order chi connectivity index (χ1) is 16.2. The lowest BCUT2D eigenvalue weighted by Gasteiger charge is -2.21. The molecule has 34 heavy (non-hydrogen) atoms. The van der Waals surface area contributed by atoms with Crippen molar-refractivity contribution in [2.24, 2.45) is 0 Å². The van der Waals surface area contributed by atoms with Crippen molar-refractivity contribution >= 4 is 32.4 Å². The molecule has 0 aliphatic carbocycles. The van der Waals surface area contributed by atoms with Crippen LogP contribution >= 0.6 is 11.3 Å². The van der Waals surface area contributed by atoms with Crippen molar-refractivity contribution < 1.29 is 13.2 Å². The van der Waals surface area contributed by atoms with Gasteiger partial charge in [0.15, 0.2) is 0 Å². The van der Waals surface area contributed by atoms with Gasteiger partial charge in [0.2, 0.25) is 9.47 Å². The maximum atomic E-state index is 13.3. The SMILES string of the molecule is Cc1cccc(C(=O)Nc2nnc(S(=O)(=O)N[C@H](c3ccccc3)c3ccc(C)cc3C)s2)c1. The Labute approximate surface area is 202 Å². The van der Waals surface area contributed by atoms with Crippen molar-refractivity contribution in [2.75, 3.05) is 5.32 Å². The highest BCUT2D eigenvalue weighted by Gasteiger charge is 2.27. The van der Waals surface area contributed by atoms with Gasteiger partial charge in [-0.3, -0.25) is 10.1 Å². The second-order valence-corrected chi connectivity index (χ2v) is 10.9. The number of aryl methyl sites for hydroxylation is 3. The summed E-state index contributed by atoms with van der Waals surface area (Å²) in [6, 6.07) is 21.7. The van der Waals surface area contributed by atoms with Crippen LogP contribution in [-0.2, 0) is 10.0 Å². The maximum Gasteiger partial charge on any atom is 0.270 e. The van der Waals surface area contributed by atoms with Crippen LogP contribution in [0.2, 0.25) is 0 Å². The topological polar surface area (TPSA) is 101 Å². The monoisotopic (exact) mass is 492 g/mol. The van der Waals surface area contributed by atoms with E-state index in [-0.39, 0.29) is 15.4 Å². The van der Waals surface area contributed by atoms with Gasteiger partial charge in [-0.2, -0.15) is 4.72 Å². The van der Waals surface area contributed by atoms with Crippen LogP contribution in [0.15, 0.2) is 77.1 Å². The molecule has 1 heterocycles. The molecule has 0 aliphatic rings. The van der Waals surface area contributed by atoms with E-state index in [1.54, 1.807) is 18.2 Å². The van der Waals surface area contributed by atoms with Gasteiger partial charge in [-0.1, -0.05) is 83.1 Å². The summed E-state index contributed by atoms with van der Waals surface area (Å²) in [5.41, 5.74) is 5.11. The molecule has 0 radical (unpaired) electrons. The predicted octanol–water partition coefficient (Wildman–Crippen LogP) is 4.78. The van der Waals surface area contributed by atoms with Crippen LogP contribution in [-0.4, -0.2) is 24.5 Å². The number of carbonyl (C=O) groups excluding carboxylic acids is 1. The van der Waals surface area contributed by atoms with E-state index < -0.39 is 16.1 Å². The van der Waals surface area contributed by atoms with Crippen LogP contribution in [0.3, 0.4) is 0 Å². The number of hydrogen-bond acceptors (Lipinski definition) is 6. The van der Waals surface area contributed by atoms with E-state index in [0.29, 0.717) is 5.56 Å². The van der Waals surface area contributed by atoms with E-state index in [1.807, 2.05) is 75.4 Å². The molecule has 0 bridgehead atoms. The molecule has 4 rings (SSSR count). The van der Waals surface area contributed by atoms with Gasteiger partial charge in [0.1, 0.15) is 0 Å². The molecule has 1 amide bonds. The summed E-state index contributed by atoms with van der Waals surface area (Å²) in [4.78, 5) is 12.5. The smallest absolute Gasteiger partial charge is 0.270 e. The molecule has 3 aromatic carbocycles. The fourth-order valence-electron chi connectivity index (χ4n) is 3.64. The summed E-state index contributed by atoms with van der Waals surface area (Å²) in [6.07, 6.45) is 0. The number of carbonyl (C=O) groups is 1. The summed E-state index contributed by atoms with van der Waals surface area (Å²) in [5, 5.41) is 10.4. The van der Waals surface area contributed by atoms with Crippen molar-refractivity contribution in [3.8, 4) is 0 Å². The number of aromatic nitrogens is 2. The lowest BCUT2D eigenvalue weighted by molar-refractivity contribution is 0.102. The molecule has 2 N–H and O–H groups in total. The first kappa shape index (κ1) is 23.7. The van der Waals surface area contributed by atoms with Gasteiger partial charge < -0.3 is 0 Å². The number of sulfonamides is 1. The van der Waals surface area contributed by atoms with Crippen molar-refractivity contribution in [3.05, 3.63) is 106 Å². The Kier molecular flexibility index (Phi) is 6.87. The number of rotatable bonds is 7. The third-order valence-electron chi connectivity index (χ3n) is 5.28. The molecule has 1 atom stereocenters. The summed E-state index contributed by atoms with van der Waals surface area (Å²) < 4.78 is 29.1. The molecular weight excluding hydrogens is 468 g/mol. The molecule has 0 spiro atoms. The first-order valence-electron chi connectivity index (χ1n) is 10.6. The number of nitrogens with zero attached hydrogens (tertiary/aromatic N) is 2. The van der Waals surface area contributed by atoms with Gasteiger partial charge in [-0.25, -0.2) is 8.42 Å². The molecule has 1 aromatic heterocycles. The highest BCUT2D eigenvalue weighted by atomic mass is 32.2. The fourth-order valence-corrected chi connectivity index (χ4v) is 5.75. The normalized spacial score (nSPS) is 12.3. The van der Waals surface area contributed by atoms with E-state index in [0.717, 1.165) is 39.2 Å². The number of nitrogens with one attached hydrogen (secondary N) is 2. The second-order valence-electron chi connectivity index (χ2n) is 8.02. The van der Waals surface area contributed by atoms with Crippen LogP contribution in [0, 0.1) is 20.8 Å². The van der Waals surface area contributed by atoms with E-state index in [2.05, 4.69) is 20.2 Å². The largest absolute Gasteiger partial charge is 0.296 e. The summed E-state index contributed by atoms with van der Waals surface area (Å²) in [7, 11) is -4.03. The molecule has 7 nitrogen and oxygen atoms in total. The average Bonchev–Trinajstić information content (AvgIpc) is 3.28. The molecule has 0 unspecified atom stereocenters. The first-order valence-corrected chi connectivity index (χ1v) is 12.9. The van der Waals surface area contributed by atoms with Crippen molar-refractivity contribution in [2.45, 2.75) is 31.2 Å². The van der Waals surface area contributed by atoms with Crippen LogP contribution in [0.1, 0.15) is 44.2 Å². The van der Waals surface area contributed by atoms with Gasteiger partial charge >= 0.3 is 0 Å². The lowest BCUT2D eigenvalue weighted by atomic mass is 9.95. The fraction of sp³-hybridized carbons (Fsp3) is 0.160. The maximum absolute atomic E-state index is 13.3. The van der Waals surface area contributed by atoms with Gasteiger partial charge in [0.25, 0.3) is 15.9 Å². The van der Waals surface area contributed by atoms with Crippen molar-refractivity contribution in [1.29, 1.82) is 0 Å². The summed E-state index contributed by atoms with van der Waals surface area (Å²) >= 11 is 0.801. The molecule has 0 fully saturated rings. The Balaban J connectivity index is 1.60. The zero-order valence-electron chi connectivity index (χ0n) is 18.9. The number of hydrogen-bond donors (Lipinski definition) is 2. The van der Waals surface area contributed by atoms with Crippen LogP contribution in [0.25, 0.3) is 0 Å². The van der Waals surface area contributed by atoms with E-state index in [4.69, 9.17) is 0 Å². The molecule has 0 aliphatic heterocycles. The molecule has 0 saturated heterocycles. The number of anilines is 1. The van der Waals surface area contributed by atoms with Gasteiger partial charge in [-0.05, 0) is 49.6 Å². The van der Waals surface area contributed by atoms with Gasteiger partial charge in [-0.15, -0.1) is 10.2 Å². The Bertz CT molecular complexity index is 1430. The minimum absolute atomic E-state index is 0.106. The summed E-state index contributed by atoms with van der Waals surface area (Å²) in [6.45, 7) is 5.83. The Morgan fingerprint density at radius 3 is 2.32 bits per heavy atom. The highest BCUT2D eigenvalue weighted by molar-refractivity contribution is 7.91. The Morgan fingerprint density at radius 2 is 1.62 bits per heavy atom. The summed E-state index contributed by atoms with van der Waals surface area (Å²) in [5.74, 6) is -0.380.